The molecule has 4 aromatic rings. The maximum absolute atomic E-state index is 5.66. The van der Waals surface area contributed by atoms with Gasteiger partial charge in [0.2, 0.25) is 5.89 Å². The topological polar surface area (TPSA) is 90.7 Å². The van der Waals surface area contributed by atoms with Crippen LogP contribution in [-0.4, -0.2) is 24.8 Å². The number of aromatic nitrogens is 5. The van der Waals surface area contributed by atoms with E-state index in [2.05, 4.69) is 24.8 Å². The summed E-state index contributed by atoms with van der Waals surface area (Å²) in [5.41, 5.74) is 1.44. The van der Waals surface area contributed by atoms with Crippen LogP contribution < -0.4 is 0 Å². The smallest absolute Gasteiger partial charge is 0.283 e. The van der Waals surface area contributed by atoms with E-state index in [1.165, 1.54) is 11.5 Å². The summed E-state index contributed by atoms with van der Waals surface area (Å²) in [7, 11) is 0. The van der Waals surface area contributed by atoms with E-state index in [0.29, 0.717) is 29.0 Å². The van der Waals surface area contributed by atoms with Crippen LogP contribution >= 0.6 is 11.5 Å². The zero-order valence-electron chi connectivity index (χ0n) is 10.5. The highest BCUT2D eigenvalue weighted by atomic mass is 32.1. The molecule has 0 spiro atoms. The van der Waals surface area contributed by atoms with E-state index in [1.807, 2.05) is 6.07 Å². The number of hydrogen-bond acceptors (Lipinski definition) is 8. The Hall–Kier alpha value is -2.87. The summed E-state index contributed by atoms with van der Waals surface area (Å²) in [4.78, 5) is 4.02. The van der Waals surface area contributed by atoms with Crippen molar-refractivity contribution in [3.63, 3.8) is 0 Å². The van der Waals surface area contributed by atoms with E-state index in [9.17, 15) is 0 Å². The third kappa shape index (κ3) is 2.21. The van der Waals surface area contributed by atoms with Gasteiger partial charge in [-0.05, 0) is 35.8 Å². The van der Waals surface area contributed by atoms with Gasteiger partial charge in [-0.15, -0.1) is 15.3 Å². The summed E-state index contributed by atoms with van der Waals surface area (Å²) >= 11 is 1.26. The van der Waals surface area contributed by atoms with Gasteiger partial charge in [-0.1, -0.05) is 4.49 Å². The summed E-state index contributed by atoms with van der Waals surface area (Å²) in [6, 6.07) is 7.20. The quantitative estimate of drug-likeness (QED) is 0.574. The summed E-state index contributed by atoms with van der Waals surface area (Å²) in [6.45, 7) is 0. The monoisotopic (exact) mass is 297 g/mol. The molecule has 0 fully saturated rings. The maximum Gasteiger partial charge on any atom is 0.283 e. The second-order valence-electron chi connectivity index (χ2n) is 4.11. The van der Waals surface area contributed by atoms with Crippen LogP contribution in [0.2, 0.25) is 0 Å². The highest BCUT2D eigenvalue weighted by molar-refractivity contribution is 7.03. The Morgan fingerprint density at radius 2 is 1.81 bits per heavy atom. The fourth-order valence-corrected chi connectivity index (χ4v) is 2.24. The summed E-state index contributed by atoms with van der Waals surface area (Å²) in [6.07, 6.45) is 3.34. The average molecular weight is 297 g/mol. The predicted molar refractivity (Wildman–Crippen MR) is 74.1 cm³/mol. The van der Waals surface area contributed by atoms with Gasteiger partial charge in [0, 0.05) is 17.8 Å². The van der Waals surface area contributed by atoms with Crippen LogP contribution in [0.15, 0.2) is 50.9 Å². The first-order valence-electron chi connectivity index (χ1n) is 6.02. The first kappa shape index (κ1) is 11.9. The zero-order valence-corrected chi connectivity index (χ0v) is 11.3. The van der Waals surface area contributed by atoms with Crippen molar-refractivity contribution < 1.29 is 8.83 Å². The maximum atomic E-state index is 5.66. The van der Waals surface area contributed by atoms with E-state index in [4.69, 9.17) is 8.83 Å². The second-order valence-corrected chi connectivity index (χ2v) is 4.72. The molecule has 0 amide bonds. The molecule has 4 aromatic heterocycles. The molecule has 0 aliphatic carbocycles. The van der Waals surface area contributed by atoms with Crippen LogP contribution in [0.1, 0.15) is 0 Å². The molecule has 8 heteroatoms. The molecule has 0 aliphatic rings. The van der Waals surface area contributed by atoms with Gasteiger partial charge in [0.25, 0.3) is 5.89 Å². The van der Waals surface area contributed by atoms with Crippen molar-refractivity contribution in [2.45, 2.75) is 0 Å². The van der Waals surface area contributed by atoms with E-state index < -0.39 is 0 Å². The summed E-state index contributed by atoms with van der Waals surface area (Å²) in [5.74, 6) is 1.80. The van der Waals surface area contributed by atoms with Gasteiger partial charge in [-0.3, -0.25) is 4.98 Å². The number of nitrogens with zero attached hydrogens (tertiary/aromatic N) is 5. The van der Waals surface area contributed by atoms with Crippen LogP contribution in [0.4, 0.5) is 0 Å². The van der Waals surface area contributed by atoms with Crippen LogP contribution in [-0.2, 0) is 0 Å². The van der Waals surface area contributed by atoms with E-state index >= 15 is 0 Å². The largest absolute Gasteiger partial charge is 0.449 e. The van der Waals surface area contributed by atoms with Crippen LogP contribution in [0.5, 0.6) is 0 Å². The van der Waals surface area contributed by atoms with Gasteiger partial charge < -0.3 is 8.83 Å². The predicted octanol–water partition coefficient (Wildman–Crippen LogP) is 2.91. The Kier molecular flexibility index (Phi) is 2.79. The lowest BCUT2D eigenvalue weighted by atomic mass is 10.3. The first-order chi connectivity index (χ1) is 10.4. The minimum atomic E-state index is 0.309. The Morgan fingerprint density at radius 1 is 0.905 bits per heavy atom. The number of hydrogen-bond donors (Lipinski definition) is 0. The molecule has 0 N–H and O–H groups in total. The third-order valence-electron chi connectivity index (χ3n) is 2.76. The van der Waals surface area contributed by atoms with E-state index in [0.717, 1.165) is 5.56 Å². The molecule has 21 heavy (non-hydrogen) atoms. The highest BCUT2D eigenvalue weighted by Crippen LogP contribution is 2.28. The highest BCUT2D eigenvalue weighted by Gasteiger charge is 2.15. The molecule has 0 aliphatic heterocycles. The number of pyridine rings is 1. The molecule has 0 atom stereocenters. The molecule has 0 saturated carbocycles. The van der Waals surface area contributed by atoms with Crippen molar-refractivity contribution in [1.82, 2.24) is 24.8 Å². The fourth-order valence-electron chi connectivity index (χ4n) is 1.79. The van der Waals surface area contributed by atoms with Crippen molar-refractivity contribution >= 4 is 11.5 Å². The van der Waals surface area contributed by atoms with Gasteiger partial charge in [0.05, 0.1) is 5.56 Å². The van der Waals surface area contributed by atoms with Gasteiger partial charge in [0.15, 0.2) is 11.5 Å². The molecule has 0 aromatic carbocycles. The Morgan fingerprint density at radius 3 is 2.62 bits per heavy atom. The SMILES string of the molecule is c1cncc(-c2nnc(-c3ccc(-c4csnn4)o3)o2)c1. The van der Waals surface area contributed by atoms with Gasteiger partial charge in [-0.2, -0.15) is 0 Å². The Balaban J connectivity index is 1.67. The number of rotatable bonds is 3. The third-order valence-corrected chi connectivity index (χ3v) is 3.27. The van der Waals surface area contributed by atoms with Crippen molar-refractivity contribution in [3.8, 4) is 34.6 Å². The van der Waals surface area contributed by atoms with Crippen molar-refractivity contribution in [2.24, 2.45) is 0 Å². The second kappa shape index (κ2) is 4.91. The van der Waals surface area contributed by atoms with Crippen molar-refractivity contribution in [2.75, 3.05) is 0 Å². The zero-order chi connectivity index (χ0) is 14.1. The summed E-state index contributed by atoms with van der Waals surface area (Å²) in [5, 5.41) is 13.7. The molecule has 102 valence electrons. The molecular formula is C13H7N5O2S. The Labute approximate surface area is 122 Å². The van der Waals surface area contributed by atoms with Crippen LogP contribution in [0.25, 0.3) is 34.6 Å². The molecule has 0 radical (unpaired) electrons. The first-order valence-corrected chi connectivity index (χ1v) is 6.85. The lowest BCUT2D eigenvalue weighted by Gasteiger charge is -1.91. The van der Waals surface area contributed by atoms with Crippen molar-refractivity contribution in [1.29, 1.82) is 0 Å². The van der Waals surface area contributed by atoms with E-state index in [1.54, 1.807) is 36.0 Å². The van der Waals surface area contributed by atoms with Crippen LogP contribution in [0, 0.1) is 0 Å². The van der Waals surface area contributed by atoms with Gasteiger partial charge >= 0.3 is 0 Å². The molecule has 0 bridgehead atoms. The standard InChI is InChI=1S/C13H7N5O2S/c1-2-8(6-14-5-1)12-16-17-13(20-12)11-4-3-10(19-11)9-7-21-18-15-9/h1-7H. The average Bonchev–Trinajstić information content (AvgIpc) is 3.27. The normalized spacial score (nSPS) is 10.9. The number of furan rings is 1. The molecule has 0 saturated heterocycles. The molecule has 0 unspecified atom stereocenters. The minimum absolute atomic E-state index is 0.309. The van der Waals surface area contributed by atoms with E-state index in [-0.39, 0.29) is 0 Å². The van der Waals surface area contributed by atoms with Crippen LogP contribution in [0.3, 0.4) is 0 Å². The molecule has 4 heterocycles. The van der Waals surface area contributed by atoms with Gasteiger partial charge in [0.1, 0.15) is 5.69 Å². The fraction of sp³-hybridized carbons (Fsp3) is 0. The molecule has 7 nitrogen and oxygen atoms in total. The molecular weight excluding hydrogens is 290 g/mol. The minimum Gasteiger partial charge on any atom is -0.449 e. The van der Waals surface area contributed by atoms with Gasteiger partial charge in [-0.25, -0.2) is 0 Å². The summed E-state index contributed by atoms with van der Waals surface area (Å²) < 4.78 is 15.1. The lowest BCUT2D eigenvalue weighted by Crippen LogP contribution is -1.78. The van der Waals surface area contributed by atoms with Crippen molar-refractivity contribution in [3.05, 3.63) is 42.0 Å². The molecule has 4 rings (SSSR count). The lowest BCUT2D eigenvalue weighted by molar-refractivity contribution is 0.529. The Bertz CT molecular complexity index is 854.